The molecule has 0 radical (unpaired) electrons. The van der Waals surface area contributed by atoms with Crippen LogP contribution in [-0.4, -0.2) is 20.7 Å². The molecule has 1 unspecified atom stereocenters. The topological polar surface area (TPSA) is 71.8 Å². The number of aromatic nitrogens is 3. The highest BCUT2D eigenvalue weighted by Crippen LogP contribution is 2.38. The summed E-state index contributed by atoms with van der Waals surface area (Å²) in [5.41, 5.74) is 7.83. The first-order valence-corrected chi connectivity index (χ1v) is 14.2. The summed E-state index contributed by atoms with van der Waals surface area (Å²) in [6, 6.07) is 24.4. The highest BCUT2D eigenvalue weighted by Gasteiger charge is 2.34. The summed E-state index contributed by atoms with van der Waals surface area (Å²) in [5, 5.41) is 12.1. The molecule has 39 heavy (non-hydrogen) atoms. The molecule has 200 valence electrons. The van der Waals surface area contributed by atoms with Gasteiger partial charge in [-0.2, -0.15) is 4.98 Å². The van der Waals surface area contributed by atoms with E-state index in [-0.39, 0.29) is 11.3 Å². The highest BCUT2D eigenvalue weighted by molar-refractivity contribution is 7.98. The molecule has 6 nitrogen and oxygen atoms in total. The summed E-state index contributed by atoms with van der Waals surface area (Å²) in [7, 11) is 0. The fraction of sp³-hybridized carbons (Fsp3) is 0.281. The van der Waals surface area contributed by atoms with E-state index in [4.69, 9.17) is 10.1 Å². The van der Waals surface area contributed by atoms with Gasteiger partial charge in [-0.15, -0.1) is 5.10 Å². The number of thioether (sulfide) groups is 1. The summed E-state index contributed by atoms with van der Waals surface area (Å²) >= 11 is 1.58. The summed E-state index contributed by atoms with van der Waals surface area (Å²) < 4.78 is 1.85. The molecule has 2 heterocycles. The lowest BCUT2D eigenvalue weighted by atomic mass is 9.85. The van der Waals surface area contributed by atoms with Gasteiger partial charge in [-0.1, -0.05) is 105 Å². The van der Waals surface area contributed by atoms with E-state index in [1.807, 2.05) is 55.8 Å². The van der Waals surface area contributed by atoms with Gasteiger partial charge in [-0.25, -0.2) is 4.68 Å². The van der Waals surface area contributed by atoms with Crippen LogP contribution >= 0.6 is 11.8 Å². The molecule has 5 rings (SSSR count). The number of aryl methyl sites for hydroxylation is 2. The number of benzene rings is 3. The molecular weight excluding hydrogens is 502 g/mol. The number of nitrogens with zero attached hydrogens (tertiary/aromatic N) is 3. The molecule has 3 aromatic carbocycles. The van der Waals surface area contributed by atoms with Gasteiger partial charge in [-0.05, 0) is 54.5 Å². The number of carbonyl (C=O) groups excluding carboxylic acids is 1. The number of hydrogen-bond donors (Lipinski definition) is 2. The number of rotatable bonds is 6. The van der Waals surface area contributed by atoms with Crippen LogP contribution in [0.15, 0.2) is 89.2 Å². The molecule has 1 amide bonds. The fourth-order valence-electron chi connectivity index (χ4n) is 4.83. The Morgan fingerprint density at radius 2 is 1.72 bits per heavy atom. The Bertz CT molecular complexity index is 1530. The van der Waals surface area contributed by atoms with Gasteiger partial charge in [0.05, 0.1) is 5.57 Å². The standard InChI is InChI=1S/C32H35N5OS/c1-20-12-17-26(21(2)18-20)34-29(38)27-22(3)33-30-35-31(39-19-23-10-8-7-9-11-23)36-37(30)28(27)24-13-15-25(16-14-24)32(4,5)6/h7-18,28H,19H2,1-6H3,(H,34,38)(H,33,35,36). The van der Waals surface area contributed by atoms with Crippen LogP contribution in [0, 0.1) is 13.8 Å². The minimum Gasteiger partial charge on any atom is -0.328 e. The van der Waals surface area contributed by atoms with Crippen LogP contribution in [0.5, 0.6) is 0 Å². The second kappa shape index (κ2) is 10.7. The summed E-state index contributed by atoms with van der Waals surface area (Å²) in [5.74, 6) is 1.24. The third-order valence-corrected chi connectivity index (χ3v) is 7.92. The van der Waals surface area contributed by atoms with Crippen molar-refractivity contribution in [1.82, 2.24) is 14.8 Å². The zero-order valence-corrected chi connectivity index (χ0v) is 24.2. The van der Waals surface area contributed by atoms with Gasteiger partial charge in [0.2, 0.25) is 11.1 Å². The number of amides is 1. The number of anilines is 2. The van der Waals surface area contributed by atoms with Crippen molar-refractivity contribution in [3.8, 4) is 0 Å². The maximum absolute atomic E-state index is 13.9. The van der Waals surface area contributed by atoms with E-state index in [1.54, 1.807) is 11.8 Å². The Kier molecular flexibility index (Phi) is 7.36. The zero-order valence-electron chi connectivity index (χ0n) is 23.4. The fourth-order valence-corrected chi connectivity index (χ4v) is 5.61. The lowest BCUT2D eigenvalue weighted by molar-refractivity contribution is -0.113. The molecule has 0 saturated heterocycles. The second-order valence-electron chi connectivity index (χ2n) is 11.1. The van der Waals surface area contributed by atoms with Crippen LogP contribution in [-0.2, 0) is 16.0 Å². The van der Waals surface area contributed by atoms with E-state index in [1.165, 1.54) is 11.1 Å². The van der Waals surface area contributed by atoms with Crippen molar-refractivity contribution in [3.05, 3.63) is 112 Å². The van der Waals surface area contributed by atoms with Crippen molar-refractivity contribution in [2.45, 2.75) is 63.9 Å². The van der Waals surface area contributed by atoms with Crippen LogP contribution in [0.4, 0.5) is 11.6 Å². The number of fused-ring (bicyclic) bond motifs is 1. The molecule has 1 aromatic heterocycles. The Balaban J connectivity index is 1.52. The minimum absolute atomic E-state index is 0.0290. The third-order valence-electron chi connectivity index (χ3n) is 7.01. The maximum Gasteiger partial charge on any atom is 0.255 e. The van der Waals surface area contributed by atoms with Crippen LogP contribution < -0.4 is 10.6 Å². The number of allylic oxidation sites excluding steroid dienone is 1. The van der Waals surface area contributed by atoms with Gasteiger partial charge < -0.3 is 10.6 Å². The monoisotopic (exact) mass is 537 g/mol. The van der Waals surface area contributed by atoms with Gasteiger partial charge in [-0.3, -0.25) is 4.79 Å². The van der Waals surface area contributed by atoms with Crippen LogP contribution in [0.2, 0.25) is 0 Å². The van der Waals surface area contributed by atoms with Crippen LogP contribution in [0.1, 0.15) is 61.6 Å². The van der Waals surface area contributed by atoms with Crippen LogP contribution in [0.25, 0.3) is 0 Å². The SMILES string of the molecule is CC1=C(C(=O)Nc2ccc(C)cc2C)C(c2ccc(C(C)(C)C)cc2)n2nc(SCc3ccccc3)nc2N1. The summed E-state index contributed by atoms with van der Waals surface area (Å²) in [4.78, 5) is 18.7. The largest absolute Gasteiger partial charge is 0.328 e. The number of nitrogens with one attached hydrogen (secondary N) is 2. The third kappa shape index (κ3) is 5.78. The van der Waals surface area contributed by atoms with Crippen molar-refractivity contribution in [1.29, 1.82) is 0 Å². The predicted octanol–water partition coefficient (Wildman–Crippen LogP) is 7.41. The van der Waals surface area contributed by atoms with E-state index >= 15 is 0 Å². The first-order chi connectivity index (χ1) is 18.6. The summed E-state index contributed by atoms with van der Waals surface area (Å²) in [6.45, 7) is 12.6. The van der Waals surface area contributed by atoms with Gasteiger partial charge in [0.25, 0.3) is 5.91 Å². The van der Waals surface area contributed by atoms with Crippen molar-refractivity contribution in [2.24, 2.45) is 0 Å². The molecule has 0 spiro atoms. The molecule has 0 aliphatic carbocycles. The van der Waals surface area contributed by atoms with E-state index in [0.717, 1.165) is 33.8 Å². The Hall–Kier alpha value is -3.84. The van der Waals surface area contributed by atoms with Crippen molar-refractivity contribution < 1.29 is 4.79 Å². The second-order valence-corrected chi connectivity index (χ2v) is 12.1. The lowest BCUT2D eigenvalue weighted by Crippen LogP contribution is -2.31. The molecule has 2 N–H and O–H groups in total. The molecule has 0 saturated carbocycles. The summed E-state index contributed by atoms with van der Waals surface area (Å²) in [6.07, 6.45) is 0. The Labute approximate surface area is 234 Å². The average Bonchev–Trinajstić information content (AvgIpc) is 3.30. The normalized spacial score (nSPS) is 15.1. The van der Waals surface area contributed by atoms with E-state index in [9.17, 15) is 4.79 Å². The highest BCUT2D eigenvalue weighted by atomic mass is 32.2. The molecule has 0 bridgehead atoms. The molecule has 7 heteroatoms. The molecule has 1 aliphatic rings. The smallest absolute Gasteiger partial charge is 0.255 e. The molecule has 0 fully saturated rings. The van der Waals surface area contributed by atoms with E-state index < -0.39 is 6.04 Å². The van der Waals surface area contributed by atoms with Crippen molar-refractivity contribution >= 4 is 29.3 Å². The maximum atomic E-state index is 13.9. The number of carbonyl (C=O) groups is 1. The zero-order chi connectivity index (χ0) is 27.7. The van der Waals surface area contributed by atoms with Crippen LogP contribution in [0.3, 0.4) is 0 Å². The number of hydrogen-bond acceptors (Lipinski definition) is 5. The molecule has 1 aliphatic heterocycles. The van der Waals surface area contributed by atoms with E-state index in [0.29, 0.717) is 16.7 Å². The van der Waals surface area contributed by atoms with Gasteiger partial charge >= 0.3 is 0 Å². The Morgan fingerprint density at radius 3 is 2.38 bits per heavy atom. The minimum atomic E-state index is -0.417. The van der Waals surface area contributed by atoms with E-state index in [2.05, 4.69) is 73.9 Å². The van der Waals surface area contributed by atoms with Gasteiger partial charge in [0.1, 0.15) is 6.04 Å². The molecule has 1 atom stereocenters. The Morgan fingerprint density at radius 1 is 1.00 bits per heavy atom. The molecule has 4 aromatic rings. The average molecular weight is 538 g/mol. The van der Waals surface area contributed by atoms with Crippen molar-refractivity contribution in [2.75, 3.05) is 10.6 Å². The quantitative estimate of drug-likeness (QED) is 0.251. The lowest BCUT2D eigenvalue weighted by Gasteiger charge is -2.29. The first-order valence-electron chi connectivity index (χ1n) is 13.2. The van der Waals surface area contributed by atoms with Gasteiger partial charge in [0, 0.05) is 17.1 Å². The first kappa shape index (κ1) is 26.8. The predicted molar refractivity (Wildman–Crippen MR) is 160 cm³/mol. The molecular formula is C32H35N5OS. The van der Waals surface area contributed by atoms with Gasteiger partial charge in [0.15, 0.2) is 0 Å². The van der Waals surface area contributed by atoms with Crippen molar-refractivity contribution in [3.63, 3.8) is 0 Å².